The Morgan fingerprint density at radius 3 is 2.32 bits per heavy atom. The smallest absolute Gasteiger partial charge is 0.257 e. The SMILES string of the molecule is Cc1oc(C)c(C(=O)N[C@@H]2CN(C(=O)C(F)C3CC3)C[C@H]2CC(C)(C)C)c1C. The van der Waals surface area contributed by atoms with E-state index in [9.17, 15) is 14.0 Å². The number of furan rings is 1. The molecule has 3 atom stereocenters. The number of likely N-dealkylation sites (tertiary alicyclic amines) is 1. The summed E-state index contributed by atoms with van der Waals surface area (Å²) in [5.41, 5.74) is 1.46. The molecule has 1 unspecified atom stereocenters. The zero-order chi connectivity index (χ0) is 20.8. The fourth-order valence-corrected chi connectivity index (χ4v) is 4.34. The van der Waals surface area contributed by atoms with Crippen molar-refractivity contribution in [2.75, 3.05) is 13.1 Å². The number of nitrogens with one attached hydrogen (secondary N) is 1. The van der Waals surface area contributed by atoms with Gasteiger partial charge in [0.15, 0.2) is 6.17 Å². The van der Waals surface area contributed by atoms with Gasteiger partial charge in [-0.25, -0.2) is 4.39 Å². The van der Waals surface area contributed by atoms with E-state index in [1.54, 1.807) is 11.8 Å². The Kier molecular flexibility index (Phi) is 5.61. The summed E-state index contributed by atoms with van der Waals surface area (Å²) >= 11 is 0. The molecule has 156 valence electrons. The molecule has 2 heterocycles. The molecule has 2 aliphatic rings. The van der Waals surface area contributed by atoms with Crippen LogP contribution in [-0.4, -0.2) is 42.0 Å². The lowest BCUT2D eigenvalue weighted by Gasteiger charge is -2.27. The van der Waals surface area contributed by atoms with Gasteiger partial charge in [-0.15, -0.1) is 0 Å². The predicted molar refractivity (Wildman–Crippen MR) is 106 cm³/mol. The molecule has 1 saturated carbocycles. The van der Waals surface area contributed by atoms with Gasteiger partial charge in [0, 0.05) is 18.7 Å². The van der Waals surface area contributed by atoms with Crippen LogP contribution in [0.1, 0.15) is 67.5 Å². The van der Waals surface area contributed by atoms with E-state index in [0.29, 0.717) is 24.4 Å². The molecule has 1 aliphatic carbocycles. The Hall–Kier alpha value is -1.85. The van der Waals surface area contributed by atoms with E-state index in [1.165, 1.54) is 0 Å². The lowest BCUT2D eigenvalue weighted by atomic mass is 9.82. The number of aryl methyl sites for hydroxylation is 2. The molecule has 28 heavy (non-hydrogen) atoms. The highest BCUT2D eigenvalue weighted by atomic mass is 19.1. The van der Waals surface area contributed by atoms with E-state index in [-0.39, 0.29) is 29.2 Å². The molecular weight excluding hydrogens is 359 g/mol. The van der Waals surface area contributed by atoms with Crippen molar-refractivity contribution in [2.24, 2.45) is 17.3 Å². The minimum atomic E-state index is -1.40. The number of rotatable bonds is 5. The van der Waals surface area contributed by atoms with Gasteiger partial charge in [-0.2, -0.15) is 0 Å². The third-order valence-electron chi connectivity index (χ3n) is 6.00. The molecule has 0 bridgehead atoms. The van der Waals surface area contributed by atoms with Crippen molar-refractivity contribution in [3.63, 3.8) is 0 Å². The number of hydrogen-bond acceptors (Lipinski definition) is 3. The second-order valence-corrected chi connectivity index (χ2v) is 9.80. The van der Waals surface area contributed by atoms with Crippen molar-refractivity contribution in [1.82, 2.24) is 10.2 Å². The van der Waals surface area contributed by atoms with Gasteiger partial charge in [-0.3, -0.25) is 9.59 Å². The monoisotopic (exact) mass is 392 g/mol. The fourth-order valence-electron chi connectivity index (χ4n) is 4.34. The van der Waals surface area contributed by atoms with Crippen LogP contribution in [0.15, 0.2) is 4.42 Å². The number of carbonyl (C=O) groups is 2. The highest BCUT2D eigenvalue weighted by molar-refractivity contribution is 5.97. The van der Waals surface area contributed by atoms with Crippen LogP contribution in [0.5, 0.6) is 0 Å². The minimum absolute atomic E-state index is 0.0520. The molecule has 0 radical (unpaired) electrons. The standard InChI is InChI=1S/C22H33FN2O3/c1-12-13(2)28-14(3)18(12)20(26)24-17-11-25(10-16(17)9-22(4,5)6)21(27)19(23)15-7-8-15/h15-17,19H,7-11H2,1-6H3,(H,24,26)/t16-,17-,19?/m1/s1. The Morgan fingerprint density at radius 1 is 1.18 bits per heavy atom. The summed E-state index contributed by atoms with van der Waals surface area (Å²) in [6.07, 6.45) is 1.05. The molecule has 1 N–H and O–H groups in total. The lowest BCUT2D eigenvalue weighted by Crippen LogP contribution is -2.43. The summed E-state index contributed by atoms with van der Waals surface area (Å²) in [6, 6.07) is -0.184. The molecule has 1 aromatic rings. The van der Waals surface area contributed by atoms with Crippen LogP contribution in [0.25, 0.3) is 0 Å². The Balaban J connectivity index is 1.75. The first-order valence-corrected chi connectivity index (χ1v) is 10.3. The van der Waals surface area contributed by atoms with Crippen LogP contribution < -0.4 is 5.32 Å². The largest absolute Gasteiger partial charge is 0.466 e. The van der Waals surface area contributed by atoms with Crippen LogP contribution in [0, 0.1) is 38.0 Å². The van der Waals surface area contributed by atoms with Crippen LogP contribution in [0.2, 0.25) is 0 Å². The van der Waals surface area contributed by atoms with E-state index in [2.05, 4.69) is 26.1 Å². The van der Waals surface area contributed by atoms with Crippen molar-refractivity contribution in [3.05, 3.63) is 22.6 Å². The summed E-state index contributed by atoms with van der Waals surface area (Å²) in [5.74, 6) is 0.744. The zero-order valence-corrected chi connectivity index (χ0v) is 17.9. The van der Waals surface area contributed by atoms with Crippen molar-refractivity contribution < 1.29 is 18.4 Å². The maximum absolute atomic E-state index is 14.4. The highest BCUT2D eigenvalue weighted by Gasteiger charge is 2.44. The third-order valence-corrected chi connectivity index (χ3v) is 6.00. The highest BCUT2D eigenvalue weighted by Crippen LogP contribution is 2.37. The van der Waals surface area contributed by atoms with Crippen molar-refractivity contribution >= 4 is 11.8 Å². The maximum atomic E-state index is 14.4. The Bertz CT molecular complexity index is 761. The summed E-state index contributed by atoms with van der Waals surface area (Å²) in [5, 5.41) is 3.12. The molecule has 0 aromatic carbocycles. The number of halogens is 1. The molecule has 3 rings (SSSR count). The van der Waals surface area contributed by atoms with Gasteiger partial charge in [0.05, 0.1) is 11.6 Å². The first kappa shape index (κ1) is 20.9. The van der Waals surface area contributed by atoms with Crippen LogP contribution in [0.4, 0.5) is 4.39 Å². The van der Waals surface area contributed by atoms with Crippen molar-refractivity contribution in [3.8, 4) is 0 Å². The second-order valence-electron chi connectivity index (χ2n) is 9.80. The molecular formula is C22H33FN2O3. The van der Waals surface area contributed by atoms with Crippen LogP contribution in [-0.2, 0) is 4.79 Å². The first-order valence-electron chi connectivity index (χ1n) is 10.3. The van der Waals surface area contributed by atoms with E-state index < -0.39 is 12.1 Å². The van der Waals surface area contributed by atoms with Gasteiger partial charge in [0.25, 0.3) is 11.8 Å². The molecule has 1 aliphatic heterocycles. The molecule has 1 aromatic heterocycles. The van der Waals surface area contributed by atoms with E-state index in [1.807, 2.05) is 13.8 Å². The van der Waals surface area contributed by atoms with Crippen molar-refractivity contribution in [1.29, 1.82) is 0 Å². The third kappa shape index (κ3) is 4.41. The van der Waals surface area contributed by atoms with Gasteiger partial charge < -0.3 is 14.6 Å². The molecule has 2 amide bonds. The fraction of sp³-hybridized carbons (Fsp3) is 0.727. The van der Waals surface area contributed by atoms with E-state index in [0.717, 1.165) is 30.6 Å². The van der Waals surface area contributed by atoms with Crippen LogP contribution >= 0.6 is 0 Å². The predicted octanol–water partition coefficient (Wildman–Crippen LogP) is 3.95. The molecule has 6 heteroatoms. The Morgan fingerprint density at radius 2 is 1.82 bits per heavy atom. The summed E-state index contributed by atoms with van der Waals surface area (Å²) in [7, 11) is 0. The molecule has 1 saturated heterocycles. The number of alkyl halides is 1. The second kappa shape index (κ2) is 7.53. The average Bonchev–Trinajstić information content (AvgIpc) is 3.31. The number of nitrogens with zero attached hydrogens (tertiary/aromatic N) is 1. The normalized spacial score (nSPS) is 23.8. The van der Waals surface area contributed by atoms with E-state index in [4.69, 9.17) is 4.42 Å². The quantitative estimate of drug-likeness (QED) is 0.825. The summed E-state index contributed by atoms with van der Waals surface area (Å²) < 4.78 is 20.0. The topological polar surface area (TPSA) is 62.6 Å². The lowest BCUT2D eigenvalue weighted by molar-refractivity contribution is -0.136. The zero-order valence-electron chi connectivity index (χ0n) is 17.9. The average molecular weight is 393 g/mol. The molecule has 5 nitrogen and oxygen atoms in total. The van der Waals surface area contributed by atoms with Gasteiger partial charge in [0.2, 0.25) is 0 Å². The summed E-state index contributed by atoms with van der Waals surface area (Å²) in [4.78, 5) is 27.1. The Labute approximate surface area is 167 Å². The van der Waals surface area contributed by atoms with Gasteiger partial charge in [-0.05, 0) is 57.3 Å². The van der Waals surface area contributed by atoms with Gasteiger partial charge in [-0.1, -0.05) is 20.8 Å². The van der Waals surface area contributed by atoms with Crippen molar-refractivity contribution in [2.45, 2.75) is 73.0 Å². The minimum Gasteiger partial charge on any atom is -0.466 e. The number of amides is 2. The number of carbonyl (C=O) groups excluding carboxylic acids is 2. The maximum Gasteiger partial charge on any atom is 0.257 e. The first-order chi connectivity index (χ1) is 13.0. The molecule has 2 fully saturated rings. The molecule has 0 spiro atoms. The van der Waals surface area contributed by atoms with Crippen LogP contribution in [0.3, 0.4) is 0 Å². The summed E-state index contributed by atoms with van der Waals surface area (Å²) in [6.45, 7) is 12.8. The van der Waals surface area contributed by atoms with Gasteiger partial charge in [0.1, 0.15) is 11.5 Å². The number of hydrogen-bond donors (Lipinski definition) is 1. The van der Waals surface area contributed by atoms with E-state index >= 15 is 0 Å². The van der Waals surface area contributed by atoms with Gasteiger partial charge >= 0.3 is 0 Å².